The number of pyridine rings is 1. The fraction of sp³-hybridized carbons (Fsp3) is 0.176. The highest BCUT2D eigenvalue weighted by molar-refractivity contribution is 6.06. The number of amides is 1. The highest BCUT2D eigenvalue weighted by atomic mass is 16.5. The number of nitrogens with one attached hydrogen (secondary N) is 1. The van der Waals surface area contributed by atoms with Crippen molar-refractivity contribution in [1.29, 1.82) is 0 Å². The van der Waals surface area contributed by atoms with Gasteiger partial charge in [-0.3, -0.25) is 14.5 Å². The quantitative estimate of drug-likeness (QED) is 0.773. The molecular weight excluding hydrogens is 308 g/mol. The maximum Gasteiger partial charge on any atom is 0.279 e. The molecule has 0 atom stereocenters. The number of carbonyl (C=O) groups excluding carboxylic acids is 1. The lowest BCUT2D eigenvalue weighted by Crippen LogP contribution is -2.31. The second-order valence-electron chi connectivity index (χ2n) is 5.54. The molecule has 0 radical (unpaired) electrons. The van der Waals surface area contributed by atoms with Gasteiger partial charge in [0.2, 0.25) is 0 Å². The zero-order valence-corrected chi connectivity index (χ0v) is 12.9. The average molecular weight is 322 g/mol. The van der Waals surface area contributed by atoms with Crippen LogP contribution < -0.4 is 15.2 Å². The van der Waals surface area contributed by atoms with E-state index in [0.29, 0.717) is 18.1 Å². The van der Waals surface area contributed by atoms with Crippen LogP contribution >= 0.6 is 0 Å². The number of ether oxygens (including phenoxy) is 1. The number of anilines is 1. The fourth-order valence-corrected chi connectivity index (χ4v) is 2.86. The molecule has 0 saturated heterocycles. The molecule has 1 amide bonds. The van der Waals surface area contributed by atoms with Crippen molar-refractivity contribution < 1.29 is 9.53 Å². The predicted octanol–water partition coefficient (Wildman–Crippen LogP) is 1.53. The van der Waals surface area contributed by atoms with Crippen molar-refractivity contribution in [3.05, 3.63) is 58.0 Å². The van der Waals surface area contributed by atoms with E-state index < -0.39 is 0 Å². The van der Waals surface area contributed by atoms with Crippen molar-refractivity contribution in [2.75, 3.05) is 18.6 Å². The zero-order chi connectivity index (χ0) is 16.7. The van der Waals surface area contributed by atoms with E-state index in [9.17, 15) is 9.59 Å². The van der Waals surface area contributed by atoms with Crippen molar-refractivity contribution in [3.63, 3.8) is 0 Å². The molecule has 0 bridgehead atoms. The standard InChI is InChI=1S/C17H14N4O3/c1-24-12-3-2-10-8-11-6-7-21(16(11)18-14(10)9-12)17(23)13-4-5-15(22)20-19-13/h2-5,8-9H,6-7H2,1H3,(H,20,22). The molecule has 3 aromatic rings. The molecule has 1 aliphatic rings. The first kappa shape index (κ1) is 14.4. The molecule has 7 heteroatoms. The maximum atomic E-state index is 12.7. The summed E-state index contributed by atoms with van der Waals surface area (Å²) >= 11 is 0. The Balaban J connectivity index is 1.77. The van der Waals surface area contributed by atoms with E-state index in [1.165, 1.54) is 12.1 Å². The fourth-order valence-electron chi connectivity index (χ4n) is 2.86. The van der Waals surface area contributed by atoms with Gasteiger partial charge < -0.3 is 4.74 Å². The van der Waals surface area contributed by atoms with Crippen molar-refractivity contribution >= 4 is 22.6 Å². The Kier molecular flexibility index (Phi) is 3.26. The van der Waals surface area contributed by atoms with Crippen LogP contribution in [0.4, 0.5) is 5.82 Å². The maximum absolute atomic E-state index is 12.7. The highest BCUT2D eigenvalue weighted by Gasteiger charge is 2.28. The molecule has 1 N–H and O–H groups in total. The van der Waals surface area contributed by atoms with Gasteiger partial charge >= 0.3 is 0 Å². The Morgan fingerprint density at radius 3 is 2.88 bits per heavy atom. The number of benzene rings is 1. The molecule has 2 aromatic heterocycles. The molecule has 4 rings (SSSR count). The molecule has 0 aliphatic carbocycles. The lowest BCUT2D eigenvalue weighted by Gasteiger charge is -2.16. The van der Waals surface area contributed by atoms with Crippen molar-refractivity contribution in [3.8, 4) is 5.75 Å². The Morgan fingerprint density at radius 1 is 1.25 bits per heavy atom. The third kappa shape index (κ3) is 2.30. The first-order chi connectivity index (χ1) is 11.7. The summed E-state index contributed by atoms with van der Waals surface area (Å²) in [5.41, 5.74) is 1.63. The van der Waals surface area contributed by atoms with Crippen molar-refractivity contribution in [1.82, 2.24) is 15.2 Å². The van der Waals surface area contributed by atoms with Crippen molar-refractivity contribution in [2.24, 2.45) is 0 Å². The largest absolute Gasteiger partial charge is 0.497 e. The summed E-state index contributed by atoms with van der Waals surface area (Å²) in [6, 6.07) is 10.4. The Morgan fingerprint density at radius 2 is 2.12 bits per heavy atom. The molecule has 24 heavy (non-hydrogen) atoms. The third-order valence-electron chi connectivity index (χ3n) is 4.08. The summed E-state index contributed by atoms with van der Waals surface area (Å²) in [5, 5.41) is 7.10. The second kappa shape index (κ2) is 5.45. The molecule has 1 aromatic carbocycles. The SMILES string of the molecule is COc1ccc2cc3c(nc2c1)N(C(=O)c1ccc(=O)[nH]n1)CC3. The number of nitrogens with zero attached hydrogens (tertiary/aromatic N) is 3. The number of methoxy groups -OCH3 is 1. The lowest BCUT2D eigenvalue weighted by atomic mass is 10.1. The van der Waals surface area contributed by atoms with E-state index in [2.05, 4.69) is 15.2 Å². The summed E-state index contributed by atoms with van der Waals surface area (Å²) in [4.78, 5) is 30.0. The molecule has 3 heterocycles. The number of H-pyrrole nitrogens is 1. The highest BCUT2D eigenvalue weighted by Crippen LogP contribution is 2.31. The van der Waals surface area contributed by atoms with E-state index in [1.807, 2.05) is 24.3 Å². The molecule has 0 unspecified atom stereocenters. The second-order valence-corrected chi connectivity index (χ2v) is 5.54. The molecule has 1 aliphatic heterocycles. The van der Waals surface area contributed by atoms with Crippen LogP contribution in [0.2, 0.25) is 0 Å². The van der Waals surface area contributed by atoms with E-state index in [1.54, 1.807) is 12.0 Å². The van der Waals surface area contributed by atoms with Gasteiger partial charge in [-0.2, -0.15) is 5.10 Å². The van der Waals surface area contributed by atoms with Gasteiger partial charge in [0.15, 0.2) is 0 Å². The van der Waals surface area contributed by atoms with Crippen molar-refractivity contribution in [2.45, 2.75) is 6.42 Å². The number of carbonyl (C=O) groups is 1. The van der Waals surface area contributed by atoms with Gasteiger partial charge in [-0.15, -0.1) is 0 Å². The topological polar surface area (TPSA) is 88.2 Å². The molecule has 0 fully saturated rings. The molecule has 7 nitrogen and oxygen atoms in total. The van der Waals surface area contributed by atoms with Gasteiger partial charge in [0.05, 0.1) is 12.6 Å². The summed E-state index contributed by atoms with van der Waals surface area (Å²) in [6.45, 7) is 0.537. The van der Waals surface area contributed by atoms with Crippen LogP contribution in [0.1, 0.15) is 16.1 Å². The van der Waals surface area contributed by atoms with Crippen LogP contribution in [0, 0.1) is 0 Å². The number of rotatable bonds is 2. The van der Waals surface area contributed by atoms with Crippen LogP contribution in [-0.2, 0) is 6.42 Å². The summed E-state index contributed by atoms with van der Waals surface area (Å²) in [6.07, 6.45) is 0.736. The number of hydrogen-bond donors (Lipinski definition) is 1. The number of hydrogen-bond acceptors (Lipinski definition) is 5. The molecule has 0 spiro atoms. The van der Waals surface area contributed by atoms with E-state index in [-0.39, 0.29) is 17.2 Å². The van der Waals surface area contributed by atoms with Gasteiger partial charge in [-0.05, 0) is 36.2 Å². The monoisotopic (exact) mass is 322 g/mol. The van der Waals surface area contributed by atoms with E-state index in [4.69, 9.17) is 4.74 Å². The third-order valence-corrected chi connectivity index (χ3v) is 4.08. The Labute approximate surface area is 136 Å². The van der Waals surface area contributed by atoms with E-state index >= 15 is 0 Å². The van der Waals surface area contributed by atoms with Crippen LogP contribution in [0.15, 0.2) is 41.2 Å². The van der Waals surface area contributed by atoms with Gasteiger partial charge in [-0.25, -0.2) is 10.1 Å². The minimum atomic E-state index is -0.343. The predicted molar refractivity (Wildman–Crippen MR) is 88.5 cm³/mol. The van der Waals surface area contributed by atoms with Gasteiger partial charge in [0.25, 0.3) is 11.5 Å². The molecule has 0 saturated carbocycles. The number of aromatic nitrogens is 3. The van der Waals surface area contributed by atoms with Gasteiger partial charge in [-0.1, -0.05) is 0 Å². The Bertz CT molecular complexity index is 992. The van der Waals surface area contributed by atoms with Crippen LogP contribution in [0.25, 0.3) is 10.9 Å². The van der Waals surface area contributed by atoms with Crippen LogP contribution in [0.5, 0.6) is 5.75 Å². The normalized spacial score (nSPS) is 13.1. The van der Waals surface area contributed by atoms with E-state index in [0.717, 1.165) is 22.9 Å². The van der Waals surface area contributed by atoms with Crippen LogP contribution in [-0.4, -0.2) is 34.7 Å². The molecular formula is C17H14N4O3. The van der Waals surface area contributed by atoms with Gasteiger partial charge in [0.1, 0.15) is 17.3 Å². The number of aromatic amines is 1. The summed E-state index contributed by atoms with van der Waals surface area (Å²) < 4.78 is 5.23. The minimum Gasteiger partial charge on any atom is -0.497 e. The zero-order valence-electron chi connectivity index (χ0n) is 12.9. The minimum absolute atomic E-state index is 0.190. The first-order valence-electron chi connectivity index (χ1n) is 7.51. The first-order valence-corrected chi connectivity index (χ1v) is 7.51. The number of fused-ring (bicyclic) bond motifs is 2. The van der Waals surface area contributed by atoms with Gasteiger partial charge in [0, 0.05) is 24.1 Å². The summed E-state index contributed by atoms with van der Waals surface area (Å²) in [5.74, 6) is 1.07. The smallest absolute Gasteiger partial charge is 0.279 e. The Hall–Kier alpha value is -3.22. The average Bonchev–Trinajstić information content (AvgIpc) is 3.02. The lowest BCUT2D eigenvalue weighted by molar-refractivity contribution is 0.0983. The summed E-state index contributed by atoms with van der Waals surface area (Å²) in [7, 11) is 1.60. The molecule has 120 valence electrons. The van der Waals surface area contributed by atoms with Crippen LogP contribution in [0.3, 0.4) is 0 Å².